The van der Waals surface area contributed by atoms with E-state index in [9.17, 15) is 18.0 Å². The molecule has 1 saturated heterocycles. The molecule has 0 aromatic carbocycles. The van der Waals surface area contributed by atoms with Crippen LogP contribution in [-0.2, 0) is 4.74 Å². The highest BCUT2D eigenvalue weighted by Crippen LogP contribution is 2.57. The number of nitrogens with zero attached hydrogens (tertiary/aromatic N) is 4. The van der Waals surface area contributed by atoms with Crippen molar-refractivity contribution in [3.05, 3.63) is 42.4 Å². The van der Waals surface area contributed by atoms with Crippen LogP contribution in [0.4, 0.5) is 24.8 Å². The number of H-pyrrole nitrogens is 1. The topological polar surface area (TPSA) is 98.4 Å². The second-order valence-corrected chi connectivity index (χ2v) is 11.5. The van der Waals surface area contributed by atoms with Crippen molar-refractivity contribution in [2.75, 3.05) is 23.1 Å². The number of hydrazine groups is 1. The molecule has 2 aromatic heterocycles. The first-order valence-electron chi connectivity index (χ1n) is 12.1. The predicted octanol–water partition coefficient (Wildman–Crippen LogP) is 4.39. The predicted molar refractivity (Wildman–Crippen MR) is 134 cm³/mol. The Morgan fingerprint density at radius 1 is 1.32 bits per heavy atom. The molecule has 1 amide bonds. The monoisotopic (exact) mass is 537 g/mol. The van der Waals surface area contributed by atoms with E-state index in [0.29, 0.717) is 23.1 Å². The second kappa shape index (κ2) is 9.52. The third kappa shape index (κ3) is 5.30. The van der Waals surface area contributed by atoms with Crippen LogP contribution in [-0.4, -0.2) is 52.2 Å². The molecule has 2 unspecified atom stereocenters. The lowest BCUT2D eigenvalue weighted by Gasteiger charge is -2.34. The van der Waals surface area contributed by atoms with Gasteiger partial charge < -0.3 is 9.64 Å². The zero-order valence-electron chi connectivity index (χ0n) is 20.8. The molecule has 0 radical (unpaired) electrons. The van der Waals surface area contributed by atoms with Crippen molar-refractivity contribution in [1.82, 2.24) is 25.3 Å². The molecule has 2 aliphatic heterocycles. The van der Waals surface area contributed by atoms with E-state index in [4.69, 9.17) is 9.72 Å². The van der Waals surface area contributed by atoms with Crippen molar-refractivity contribution >= 4 is 29.5 Å². The fourth-order valence-corrected chi connectivity index (χ4v) is 5.44. The first kappa shape index (κ1) is 25.9. The van der Waals surface area contributed by atoms with Gasteiger partial charge in [0.2, 0.25) is 0 Å². The molecule has 37 heavy (non-hydrogen) atoms. The fraction of sp³-hybridized carbons (Fsp3) is 0.542. The Balaban J connectivity index is 1.33. The van der Waals surface area contributed by atoms with Gasteiger partial charge in [-0.2, -0.15) is 23.7 Å². The standard InChI is InChI=1S/C24H30F3N7O2S/c1-15-10-22(2,3)33(13-15)20-17(21(35)32-37-16-11-28-29-12-16)4-5-18(30-20)34-9-6-19(31-34)36-14-23(7-8-23)24(25,26)27/h4-6,9,11-12,15,19,31H,7-8,10,13-14H2,1-3H3,(H,28,29)(H,32,35). The zero-order valence-corrected chi connectivity index (χ0v) is 21.6. The molecule has 3 aliphatic rings. The van der Waals surface area contributed by atoms with Crippen LogP contribution in [0.25, 0.3) is 0 Å². The molecule has 1 saturated carbocycles. The van der Waals surface area contributed by atoms with Gasteiger partial charge in [0, 0.05) is 24.5 Å². The van der Waals surface area contributed by atoms with E-state index in [1.807, 2.05) is 0 Å². The summed E-state index contributed by atoms with van der Waals surface area (Å²) in [5.41, 5.74) is 1.52. The average molecular weight is 538 g/mol. The lowest BCUT2D eigenvalue weighted by molar-refractivity contribution is -0.204. The number of ether oxygens (including phenoxy) is 1. The Morgan fingerprint density at radius 3 is 2.73 bits per heavy atom. The van der Waals surface area contributed by atoms with Crippen molar-refractivity contribution in [2.45, 2.75) is 62.9 Å². The van der Waals surface area contributed by atoms with Crippen molar-refractivity contribution in [3.63, 3.8) is 0 Å². The van der Waals surface area contributed by atoms with Crippen LogP contribution in [0.3, 0.4) is 0 Å². The molecule has 2 aromatic rings. The molecule has 9 nitrogen and oxygen atoms in total. The van der Waals surface area contributed by atoms with Gasteiger partial charge >= 0.3 is 6.18 Å². The third-order valence-electron chi connectivity index (χ3n) is 7.09. The highest BCUT2D eigenvalue weighted by molar-refractivity contribution is 7.98. The first-order chi connectivity index (χ1) is 17.5. The second-order valence-electron chi connectivity index (χ2n) is 10.6. The lowest BCUT2D eigenvalue weighted by Crippen LogP contribution is -2.42. The number of aromatic nitrogens is 3. The number of halogens is 3. The van der Waals surface area contributed by atoms with Gasteiger partial charge in [0.05, 0.1) is 28.7 Å². The minimum atomic E-state index is -4.27. The summed E-state index contributed by atoms with van der Waals surface area (Å²) in [7, 11) is 0. The minimum Gasteiger partial charge on any atom is -0.357 e. The fourth-order valence-electron chi connectivity index (χ4n) is 4.90. The normalized spacial score (nSPS) is 24.1. The number of carbonyl (C=O) groups excluding carboxylic acids is 1. The number of alkyl halides is 3. The zero-order chi connectivity index (χ0) is 26.4. The van der Waals surface area contributed by atoms with E-state index in [1.54, 1.807) is 41.8 Å². The molecule has 2 fully saturated rings. The summed E-state index contributed by atoms with van der Waals surface area (Å²) in [5.74, 6) is 1.18. The van der Waals surface area contributed by atoms with E-state index >= 15 is 0 Å². The van der Waals surface area contributed by atoms with Gasteiger partial charge in [0.25, 0.3) is 5.91 Å². The number of nitrogens with one attached hydrogen (secondary N) is 3. The Kier molecular flexibility index (Phi) is 6.65. The quantitative estimate of drug-likeness (QED) is 0.427. The van der Waals surface area contributed by atoms with E-state index in [1.165, 1.54) is 0 Å². The molecular formula is C24H30F3N7O2S. The molecule has 2 atom stereocenters. The van der Waals surface area contributed by atoms with Gasteiger partial charge in [-0.05, 0) is 69.2 Å². The van der Waals surface area contributed by atoms with Crippen molar-refractivity contribution < 1.29 is 22.7 Å². The first-order valence-corrected chi connectivity index (χ1v) is 13.0. The molecule has 200 valence electrons. The summed E-state index contributed by atoms with van der Waals surface area (Å²) in [6.45, 7) is 6.77. The number of carbonyl (C=O) groups is 1. The smallest absolute Gasteiger partial charge is 0.357 e. The summed E-state index contributed by atoms with van der Waals surface area (Å²) < 4.78 is 48.1. The Morgan fingerprint density at radius 2 is 2.11 bits per heavy atom. The summed E-state index contributed by atoms with van der Waals surface area (Å²) in [6.07, 6.45) is 2.78. The number of aromatic amines is 1. The summed E-state index contributed by atoms with van der Waals surface area (Å²) in [6, 6.07) is 3.42. The van der Waals surface area contributed by atoms with Crippen LogP contribution in [0.1, 0.15) is 50.4 Å². The van der Waals surface area contributed by atoms with Crippen molar-refractivity contribution in [3.8, 4) is 0 Å². The molecule has 4 heterocycles. The van der Waals surface area contributed by atoms with Crippen LogP contribution in [0.5, 0.6) is 0 Å². The molecule has 3 N–H and O–H groups in total. The Hall–Kier alpha value is -2.77. The maximum atomic E-state index is 13.2. The summed E-state index contributed by atoms with van der Waals surface area (Å²) >= 11 is 1.16. The number of pyridine rings is 1. The van der Waals surface area contributed by atoms with Gasteiger partial charge in [-0.25, -0.2) is 4.98 Å². The number of hydrogen-bond donors (Lipinski definition) is 3. The summed E-state index contributed by atoms with van der Waals surface area (Å²) in [5, 5.41) is 8.20. The Labute approximate surface area is 217 Å². The molecule has 13 heteroatoms. The van der Waals surface area contributed by atoms with E-state index in [2.05, 4.69) is 46.0 Å². The van der Waals surface area contributed by atoms with Crippen LogP contribution in [0.2, 0.25) is 0 Å². The maximum absolute atomic E-state index is 13.2. The van der Waals surface area contributed by atoms with Gasteiger partial charge in [-0.1, -0.05) is 6.92 Å². The lowest BCUT2D eigenvalue weighted by atomic mass is 9.97. The number of rotatable bonds is 8. The number of hydrogen-bond acceptors (Lipinski definition) is 8. The van der Waals surface area contributed by atoms with Gasteiger partial charge in [-0.3, -0.25) is 19.6 Å². The molecule has 1 aliphatic carbocycles. The van der Waals surface area contributed by atoms with Crippen LogP contribution in [0, 0.1) is 11.3 Å². The summed E-state index contributed by atoms with van der Waals surface area (Å²) in [4.78, 5) is 20.9. The third-order valence-corrected chi connectivity index (χ3v) is 7.83. The highest BCUT2D eigenvalue weighted by atomic mass is 32.2. The number of anilines is 2. The van der Waals surface area contributed by atoms with Crippen molar-refractivity contribution in [1.29, 1.82) is 0 Å². The Bertz CT molecular complexity index is 1170. The average Bonchev–Trinajstić information content (AvgIpc) is 3.16. The van der Waals surface area contributed by atoms with Crippen LogP contribution < -0.4 is 20.1 Å². The van der Waals surface area contributed by atoms with E-state index in [0.717, 1.165) is 29.8 Å². The van der Waals surface area contributed by atoms with Gasteiger partial charge in [-0.15, -0.1) is 0 Å². The largest absolute Gasteiger partial charge is 0.396 e. The van der Waals surface area contributed by atoms with Gasteiger partial charge in [0.1, 0.15) is 17.9 Å². The number of amides is 1. The minimum absolute atomic E-state index is 0.0913. The van der Waals surface area contributed by atoms with E-state index < -0.39 is 24.4 Å². The van der Waals surface area contributed by atoms with E-state index in [-0.39, 0.29) is 24.3 Å². The highest BCUT2D eigenvalue weighted by Gasteiger charge is 2.63. The maximum Gasteiger partial charge on any atom is 0.396 e. The van der Waals surface area contributed by atoms with Crippen LogP contribution >= 0.6 is 11.9 Å². The SMILES string of the molecule is CC1CN(c2nc(N3C=CC(OCC4(C(F)(F)F)CC4)N3)ccc2C(=O)NSc2cn[nH]c2)C(C)(C)C1. The van der Waals surface area contributed by atoms with Gasteiger partial charge in [0.15, 0.2) is 0 Å². The van der Waals surface area contributed by atoms with Crippen LogP contribution in [0.15, 0.2) is 41.7 Å². The molecular weight excluding hydrogens is 507 g/mol. The molecule has 5 rings (SSSR count). The molecule has 0 bridgehead atoms. The van der Waals surface area contributed by atoms with Crippen molar-refractivity contribution in [2.24, 2.45) is 11.3 Å². The molecule has 0 spiro atoms.